The summed E-state index contributed by atoms with van der Waals surface area (Å²) in [7, 11) is -9.15. The Morgan fingerprint density at radius 2 is 1.00 bits per heavy atom. The molecular formula is C12H8I2O6S2. The van der Waals surface area contributed by atoms with Gasteiger partial charge in [-0.2, -0.15) is 16.8 Å². The van der Waals surface area contributed by atoms with Crippen LogP contribution in [0.4, 0.5) is 0 Å². The summed E-state index contributed by atoms with van der Waals surface area (Å²) in [5, 5.41) is 0. The van der Waals surface area contributed by atoms with E-state index in [0.29, 0.717) is 0 Å². The minimum Gasteiger partial charge on any atom is -0.282 e. The maximum absolute atomic E-state index is 11.6. The highest BCUT2D eigenvalue weighted by Gasteiger charge is 2.26. The van der Waals surface area contributed by atoms with Crippen LogP contribution in [0.3, 0.4) is 0 Å². The van der Waals surface area contributed by atoms with Crippen molar-refractivity contribution in [2.45, 2.75) is 9.79 Å². The van der Waals surface area contributed by atoms with Crippen molar-refractivity contribution < 1.29 is 25.9 Å². The maximum Gasteiger partial charge on any atom is 0.296 e. The van der Waals surface area contributed by atoms with Crippen LogP contribution in [0.2, 0.25) is 0 Å². The molecule has 6 nitrogen and oxygen atoms in total. The maximum atomic E-state index is 11.6. The average molecular weight is 566 g/mol. The van der Waals surface area contributed by atoms with Crippen LogP contribution in [0.15, 0.2) is 46.2 Å². The van der Waals surface area contributed by atoms with Gasteiger partial charge in [0.1, 0.15) is 9.79 Å². The molecule has 118 valence electrons. The predicted molar refractivity (Wildman–Crippen MR) is 96.9 cm³/mol. The molecule has 0 aromatic heterocycles. The lowest BCUT2D eigenvalue weighted by Gasteiger charge is -2.13. The summed E-state index contributed by atoms with van der Waals surface area (Å²) in [5.41, 5.74) is 0.00100. The Balaban J connectivity index is 2.98. The summed E-state index contributed by atoms with van der Waals surface area (Å²) in [5.74, 6) is 0. The second kappa shape index (κ2) is 6.32. The van der Waals surface area contributed by atoms with E-state index in [2.05, 4.69) is 0 Å². The van der Waals surface area contributed by atoms with Gasteiger partial charge < -0.3 is 0 Å². The first-order chi connectivity index (χ1) is 10.0. The fourth-order valence-electron chi connectivity index (χ4n) is 1.97. The van der Waals surface area contributed by atoms with Gasteiger partial charge in [0.15, 0.2) is 0 Å². The Hall–Kier alpha value is -0.280. The van der Waals surface area contributed by atoms with Crippen LogP contribution >= 0.6 is 45.2 Å². The summed E-state index contributed by atoms with van der Waals surface area (Å²) in [6, 6.07) is 8.72. The monoisotopic (exact) mass is 566 g/mol. The van der Waals surface area contributed by atoms with E-state index in [1.54, 1.807) is 45.2 Å². The van der Waals surface area contributed by atoms with Crippen molar-refractivity contribution in [1.29, 1.82) is 0 Å². The Morgan fingerprint density at radius 3 is 1.27 bits per heavy atom. The smallest absolute Gasteiger partial charge is 0.282 e. The molecule has 0 aliphatic heterocycles. The zero-order chi connectivity index (χ0) is 16.7. The number of rotatable bonds is 3. The first-order valence-corrected chi connectivity index (χ1v) is 10.6. The van der Waals surface area contributed by atoms with Gasteiger partial charge in [-0.3, -0.25) is 9.11 Å². The molecule has 0 unspecified atom stereocenters. The van der Waals surface area contributed by atoms with Crippen LogP contribution in [0.5, 0.6) is 0 Å². The van der Waals surface area contributed by atoms with E-state index in [0.717, 1.165) is 0 Å². The van der Waals surface area contributed by atoms with Crippen molar-refractivity contribution in [3.63, 3.8) is 0 Å². The largest absolute Gasteiger partial charge is 0.296 e. The van der Waals surface area contributed by atoms with Crippen LogP contribution in [0.25, 0.3) is 11.1 Å². The molecule has 0 heterocycles. The third-order valence-electron chi connectivity index (χ3n) is 2.74. The second-order valence-corrected chi connectivity index (χ2v) is 9.22. The number of hydrogen-bond donors (Lipinski definition) is 2. The Kier molecular flexibility index (Phi) is 5.19. The van der Waals surface area contributed by atoms with E-state index in [9.17, 15) is 25.9 Å². The molecule has 0 radical (unpaired) electrons. The van der Waals surface area contributed by atoms with Gasteiger partial charge in [0.2, 0.25) is 0 Å². The zero-order valence-electron chi connectivity index (χ0n) is 10.6. The van der Waals surface area contributed by atoms with Gasteiger partial charge in [0, 0.05) is 18.3 Å². The highest BCUT2D eigenvalue weighted by molar-refractivity contribution is 14.1. The topological polar surface area (TPSA) is 109 Å². The van der Waals surface area contributed by atoms with Crippen molar-refractivity contribution in [3.8, 4) is 11.1 Å². The summed E-state index contributed by atoms with van der Waals surface area (Å²) in [6.07, 6.45) is 0. The van der Waals surface area contributed by atoms with E-state index in [-0.39, 0.29) is 18.3 Å². The Labute approximate surface area is 154 Å². The van der Waals surface area contributed by atoms with Crippen molar-refractivity contribution in [2.75, 3.05) is 0 Å². The minimum absolute atomic E-state index is 0.000501. The van der Waals surface area contributed by atoms with Crippen LogP contribution in [-0.2, 0) is 20.2 Å². The van der Waals surface area contributed by atoms with Gasteiger partial charge in [0.25, 0.3) is 20.2 Å². The minimum atomic E-state index is -4.57. The first-order valence-electron chi connectivity index (χ1n) is 5.56. The highest BCUT2D eigenvalue weighted by atomic mass is 127. The molecule has 10 heteroatoms. The van der Waals surface area contributed by atoms with Gasteiger partial charge in [-0.25, -0.2) is 0 Å². The molecule has 0 fully saturated rings. The van der Waals surface area contributed by atoms with Crippen LogP contribution < -0.4 is 0 Å². The van der Waals surface area contributed by atoms with Gasteiger partial charge in [-0.15, -0.1) is 0 Å². The zero-order valence-corrected chi connectivity index (χ0v) is 16.5. The van der Waals surface area contributed by atoms with Crippen LogP contribution in [-0.4, -0.2) is 25.9 Å². The number of benzene rings is 2. The van der Waals surface area contributed by atoms with E-state index in [4.69, 9.17) is 0 Å². The Bertz CT molecular complexity index is 872. The highest BCUT2D eigenvalue weighted by Crippen LogP contribution is 2.36. The molecule has 2 N–H and O–H groups in total. The molecule has 2 rings (SSSR count). The fourth-order valence-corrected chi connectivity index (χ4v) is 6.17. The molecule has 0 saturated heterocycles. The van der Waals surface area contributed by atoms with Crippen molar-refractivity contribution in [3.05, 3.63) is 43.5 Å². The Morgan fingerprint density at radius 1 is 0.682 bits per heavy atom. The van der Waals surface area contributed by atoms with Gasteiger partial charge in [0.05, 0.1) is 0 Å². The van der Waals surface area contributed by atoms with Gasteiger partial charge >= 0.3 is 0 Å². The molecule has 2 aromatic carbocycles. The molecule has 0 aliphatic rings. The molecule has 0 saturated carbocycles. The van der Waals surface area contributed by atoms with E-state index < -0.39 is 30.0 Å². The van der Waals surface area contributed by atoms with Crippen molar-refractivity contribution in [1.82, 2.24) is 0 Å². The lowest BCUT2D eigenvalue weighted by molar-refractivity contribution is 0.479. The number of halogens is 2. The predicted octanol–water partition coefficient (Wildman–Crippen LogP) is 3.06. The second-order valence-electron chi connectivity index (χ2n) is 4.18. The van der Waals surface area contributed by atoms with E-state index in [1.165, 1.54) is 36.4 Å². The van der Waals surface area contributed by atoms with Gasteiger partial charge in [-0.05, 0) is 57.3 Å². The molecule has 0 atom stereocenters. The molecule has 0 bridgehead atoms. The molecule has 0 spiro atoms. The quantitative estimate of drug-likeness (QED) is 0.437. The molecule has 22 heavy (non-hydrogen) atoms. The van der Waals surface area contributed by atoms with E-state index >= 15 is 0 Å². The fraction of sp³-hybridized carbons (Fsp3) is 0. The SMILES string of the molecule is O=S(=O)(O)c1c(I)cccc1-c1cccc(I)c1S(=O)(=O)O. The molecule has 0 aliphatic carbocycles. The first kappa shape index (κ1) is 18.1. The average Bonchev–Trinajstić information content (AvgIpc) is 2.35. The van der Waals surface area contributed by atoms with Crippen LogP contribution in [0.1, 0.15) is 0 Å². The third-order valence-corrected chi connectivity index (χ3v) is 7.18. The summed E-state index contributed by atoms with van der Waals surface area (Å²) < 4.78 is 65.8. The van der Waals surface area contributed by atoms with Gasteiger partial charge in [-0.1, -0.05) is 24.3 Å². The molecule has 0 amide bonds. The van der Waals surface area contributed by atoms with Crippen molar-refractivity contribution >= 4 is 65.4 Å². The number of hydrogen-bond acceptors (Lipinski definition) is 4. The molecular weight excluding hydrogens is 558 g/mol. The van der Waals surface area contributed by atoms with Crippen molar-refractivity contribution in [2.24, 2.45) is 0 Å². The summed E-state index contributed by atoms with van der Waals surface area (Å²) in [4.78, 5) is -0.801. The third kappa shape index (κ3) is 3.62. The standard InChI is InChI=1S/C12H8I2O6S2/c13-9-5-1-3-7(11(9)21(15,16)17)8-4-2-6-10(14)12(8)22(18,19)20/h1-6H,(H,15,16,17)(H,18,19,20). The normalized spacial score (nSPS) is 12.4. The lowest BCUT2D eigenvalue weighted by Crippen LogP contribution is -2.08. The van der Waals surface area contributed by atoms with Crippen LogP contribution in [0, 0.1) is 7.14 Å². The summed E-state index contributed by atoms with van der Waals surface area (Å²) in [6.45, 7) is 0. The van der Waals surface area contributed by atoms with E-state index in [1.807, 2.05) is 0 Å². The molecule has 2 aromatic rings. The summed E-state index contributed by atoms with van der Waals surface area (Å²) >= 11 is 3.45. The lowest BCUT2D eigenvalue weighted by atomic mass is 10.1.